The Morgan fingerprint density at radius 2 is 1.17 bits per heavy atom. The van der Waals surface area contributed by atoms with Gasteiger partial charge in [-0.2, -0.15) is 5.10 Å². The van der Waals surface area contributed by atoms with E-state index in [9.17, 15) is 38.4 Å². The van der Waals surface area contributed by atoms with Crippen LogP contribution in [-0.4, -0.2) is 156 Å². The van der Waals surface area contributed by atoms with Crippen LogP contribution in [0, 0.1) is 0 Å². The molecule has 3 atom stereocenters. The maximum absolute atomic E-state index is 13.6. The first-order chi connectivity index (χ1) is 25.4. The van der Waals surface area contributed by atoms with Crippen molar-refractivity contribution in [3.05, 3.63) is 53.3 Å². The third-order valence-corrected chi connectivity index (χ3v) is 8.55. The third kappa shape index (κ3) is 12.1. The Balaban J connectivity index is 1.83. The Labute approximate surface area is 313 Å². The van der Waals surface area contributed by atoms with Crippen molar-refractivity contribution in [2.24, 2.45) is 0 Å². The van der Waals surface area contributed by atoms with E-state index in [0.29, 0.717) is 12.1 Å². The second kappa shape index (κ2) is 19.3. The normalized spacial score (nSPS) is 21.5. The lowest BCUT2D eigenvalue weighted by Crippen LogP contribution is -2.49. The Hall–Kier alpha value is -5.81. The molecule has 3 rings (SSSR count). The van der Waals surface area contributed by atoms with Crippen molar-refractivity contribution in [3.63, 3.8) is 0 Å². The fourth-order valence-electron chi connectivity index (χ4n) is 5.32. The summed E-state index contributed by atoms with van der Waals surface area (Å²) in [5.74, 6) is -6.67. The van der Waals surface area contributed by atoms with Crippen molar-refractivity contribution < 1.29 is 57.3 Å². The van der Waals surface area contributed by atoms with Crippen LogP contribution in [0.3, 0.4) is 0 Å². The van der Waals surface area contributed by atoms with Gasteiger partial charge in [0.2, 0.25) is 0 Å². The summed E-state index contributed by atoms with van der Waals surface area (Å²) in [6.07, 6.45) is -1.08. The number of benzene rings is 1. The molecule has 1 fully saturated rings. The van der Waals surface area contributed by atoms with E-state index in [1.54, 1.807) is 18.3 Å². The van der Waals surface area contributed by atoms with E-state index in [4.69, 9.17) is 18.9 Å². The van der Waals surface area contributed by atoms with E-state index in [1.807, 2.05) is 22.9 Å². The fraction of sp³-hybridized carbons (Fsp3) is 0.528. The van der Waals surface area contributed by atoms with Crippen molar-refractivity contribution in [2.45, 2.75) is 64.8 Å². The summed E-state index contributed by atoms with van der Waals surface area (Å²) < 4.78 is 22.5. The second-order valence-corrected chi connectivity index (χ2v) is 13.3. The molecule has 294 valence electrons. The molecule has 2 heterocycles. The minimum atomic E-state index is -1.41. The highest BCUT2D eigenvalue weighted by atomic mass is 16.6. The van der Waals surface area contributed by atoms with Crippen molar-refractivity contribution in [1.29, 1.82) is 0 Å². The molecule has 1 saturated heterocycles. The number of hydrogen-bond acceptors (Lipinski definition) is 13. The molecule has 3 unspecified atom stereocenters. The summed E-state index contributed by atoms with van der Waals surface area (Å²) in [5.41, 5.74) is 2.64. The number of esters is 4. The molecule has 0 radical (unpaired) electrons. The van der Waals surface area contributed by atoms with Crippen molar-refractivity contribution in [2.75, 3.05) is 61.0 Å². The standard InChI is InChI=1S/C36H48N6O12/c1-22(2)27-13-14-37-42(27)16-26-11-9-25(10-12-26)15-28-36(50)54-24(4)35(49)40(7)17-31(45)51-20-29(43)38(5)19-33(47)53-23(3)34(48)39(6)18-32(46)52-21-30(44)41(28)8/h9-14,22-24,28H,15-21H2,1-8H3. The highest BCUT2D eigenvalue weighted by molar-refractivity contribution is 5.91. The van der Waals surface area contributed by atoms with E-state index in [-0.39, 0.29) is 12.3 Å². The van der Waals surface area contributed by atoms with Gasteiger partial charge >= 0.3 is 23.9 Å². The monoisotopic (exact) mass is 756 g/mol. The smallest absolute Gasteiger partial charge is 0.329 e. The molecule has 1 aromatic carbocycles. The Morgan fingerprint density at radius 1 is 0.667 bits per heavy atom. The van der Waals surface area contributed by atoms with E-state index >= 15 is 0 Å². The Morgan fingerprint density at radius 3 is 1.72 bits per heavy atom. The lowest BCUT2D eigenvalue weighted by Gasteiger charge is -2.29. The number of amides is 4. The molecule has 18 nitrogen and oxygen atoms in total. The molecule has 1 aliphatic rings. The van der Waals surface area contributed by atoms with Crippen LogP contribution in [0.2, 0.25) is 0 Å². The number of hydrogen-bond donors (Lipinski definition) is 0. The van der Waals surface area contributed by atoms with Gasteiger partial charge in [0.25, 0.3) is 23.6 Å². The number of nitrogens with zero attached hydrogens (tertiary/aromatic N) is 6. The van der Waals surface area contributed by atoms with Crippen molar-refractivity contribution in [1.82, 2.24) is 29.4 Å². The summed E-state index contributed by atoms with van der Waals surface area (Å²) in [7, 11) is 5.07. The van der Waals surface area contributed by atoms with Crippen molar-refractivity contribution >= 4 is 47.5 Å². The molecule has 0 aliphatic carbocycles. The van der Waals surface area contributed by atoms with Crippen LogP contribution in [0.4, 0.5) is 0 Å². The first kappa shape index (κ1) is 42.6. The summed E-state index contributed by atoms with van der Waals surface area (Å²) in [5, 5.41) is 4.40. The van der Waals surface area contributed by atoms with Gasteiger partial charge < -0.3 is 38.5 Å². The van der Waals surface area contributed by atoms with Crippen LogP contribution < -0.4 is 0 Å². The van der Waals surface area contributed by atoms with Crippen LogP contribution in [0.5, 0.6) is 0 Å². The van der Waals surface area contributed by atoms with E-state index in [2.05, 4.69) is 18.9 Å². The molecular weight excluding hydrogens is 708 g/mol. The average molecular weight is 757 g/mol. The molecule has 1 aliphatic heterocycles. The molecule has 0 bridgehead atoms. The third-order valence-electron chi connectivity index (χ3n) is 8.55. The minimum Gasteiger partial charge on any atom is -0.454 e. The minimum absolute atomic E-state index is 0.0479. The van der Waals surface area contributed by atoms with Gasteiger partial charge in [0, 0.05) is 46.5 Å². The van der Waals surface area contributed by atoms with Gasteiger partial charge in [-0.15, -0.1) is 0 Å². The summed E-state index contributed by atoms with van der Waals surface area (Å²) in [6, 6.07) is 7.95. The molecule has 0 spiro atoms. The number of carbonyl (C=O) groups excluding carboxylic acids is 8. The molecule has 18 heteroatoms. The predicted molar refractivity (Wildman–Crippen MR) is 188 cm³/mol. The quantitative estimate of drug-likeness (QED) is 0.286. The average Bonchev–Trinajstić information content (AvgIpc) is 3.59. The molecule has 54 heavy (non-hydrogen) atoms. The zero-order chi connectivity index (χ0) is 40.3. The van der Waals surface area contributed by atoms with Crippen molar-refractivity contribution in [3.8, 4) is 0 Å². The number of cyclic esters (lactones) is 4. The maximum atomic E-state index is 13.6. The number of aromatic nitrogens is 2. The SMILES string of the molecule is CC1OC(=O)CN(C)C(=O)COC(=O)CN(C)C(=O)C(C)OC(=O)C(Cc2ccc(Cn3nccc3C(C)C)cc2)N(C)C(=O)COC(=O)CN(C)C1=O. The summed E-state index contributed by atoms with van der Waals surface area (Å²) in [6.45, 7) is 3.84. The Bertz CT molecular complexity index is 1710. The van der Waals surface area contributed by atoms with Crippen LogP contribution in [0.1, 0.15) is 50.4 Å². The zero-order valence-electron chi connectivity index (χ0n) is 31.8. The number of likely N-dealkylation sites (N-methyl/N-ethyl adjacent to an activating group) is 4. The van der Waals surface area contributed by atoms with E-state index in [0.717, 1.165) is 30.9 Å². The van der Waals surface area contributed by atoms with Crippen LogP contribution >= 0.6 is 0 Å². The number of carbonyl (C=O) groups is 8. The van der Waals surface area contributed by atoms with E-state index in [1.165, 1.54) is 42.0 Å². The second-order valence-electron chi connectivity index (χ2n) is 13.3. The van der Waals surface area contributed by atoms with Crippen LogP contribution in [-0.2, 0) is 70.3 Å². The largest absolute Gasteiger partial charge is 0.454 e. The molecule has 4 amide bonds. The molecule has 0 N–H and O–H groups in total. The highest BCUT2D eigenvalue weighted by Gasteiger charge is 2.33. The molecule has 1 aromatic heterocycles. The van der Waals surface area contributed by atoms with Crippen LogP contribution in [0.15, 0.2) is 36.5 Å². The fourth-order valence-corrected chi connectivity index (χ4v) is 5.32. The summed E-state index contributed by atoms with van der Waals surface area (Å²) in [4.78, 5) is 106. The van der Waals surface area contributed by atoms with Gasteiger partial charge in [-0.1, -0.05) is 38.1 Å². The van der Waals surface area contributed by atoms with Gasteiger partial charge in [-0.3, -0.25) is 38.2 Å². The zero-order valence-corrected chi connectivity index (χ0v) is 31.8. The van der Waals surface area contributed by atoms with Crippen LogP contribution in [0.25, 0.3) is 0 Å². The first-order valence-electron chi connectivity index (χ1n) is 17.2. The van der Waals surface area contributed by atoms with Gasteiger partial charge in [0.1, 0.15) is 25.7 Å². The molecular formula is C36H48N6O12. The topological polar surface area (TPSA) is 204 Å². The van der Waals surface area contributed by atoms with E-state index < -0.39 is 98.6 Å². The Kier molecular flexibility index (Phi) is 15.2. The lowest BCUT2D eigenvalue weighted by molar-refractivity contribution is -0.167. The maximum Gasteiger partial charge on any atom is 0.329 e. The van der Waals surface area contributed by atoms with Gasteiger partial charge in [-0.25, -0.2) is 4.79 Å². The molecule has 2 aromatic rings. The lowest BCUT2D eigenvalue weighted by atomic mass is 10.0. The first-order valence-corrected chi connectivity index (χ1v) is 17.2. The van der Waals surface area contributed by atoms with Gasteiger partial charge in [0.05, 0.1) is 6.54 Å². The summed E-state index contributed by atoms with van der Waals surface area (Å²) >= 11 is 0. The van der Waals surface area contributed by atoms with Gasteiger partial charge in [-0.05, 0) is 37.0 Å². The molecule has 0 saturated carbocycles. The predicted octanol–water partition coefficient (Wildman–Crippen LogP) is -0.237. The highest BCUT2D eigenvalue weighted by Crippen LogP contribution is 2.17. The van der Waals surface area contributed by atoms with Gasteiger partial charge in [0.15, 0.2) is 25.4 Å². The number of rotatable bonds is 5. The number of ether oxygens (including phenoxy) is 4.